The number of hydrogen-bond acceptors (Lipinski definition) is 2. The van der Waals surface area contributed by atoms with E-state index in [9.17, 15) is 14.0 Å². The van der Waals surface area contributed by atoms with Gasteiger partial charge in [0, 0.05) is 23.7 Å². The number of rotatable bonds is 7. The fourth-order valence-electron chi connectivity index (χ4n) is 2.82. The number of halogens is 2. The Hall–Kier alpha value is -2.40. The quantitative estimate of drug-likeness (QED) is 0.700. The Balaban J connectivity index is 1.87. The van der Waals surface area contributed by atoms with Crippen molar-refractivity contribution in [1.29, 1.82) is 0 Å². The lowest BCUT2D eigenvalue weighted by Gasteiger charge is -2.21. The molecule has 0 bridgehead atoms. The van der Waals surface area contributed by atoms with E-state index in [0.29, 0.717) is 10.6 Å². The third-order valence-electron chi connectivity index (χ3n) is 4.32. The molecule has 0 saturated heterocycles. The van der Waals surface area contributed by atoms with Crippen LogP contribution < -0.4 is 10.6 Å². The van der Waals surface area contributed by atoms with Gasteiger partial charge in [0.05, 0.1) is 5.92 Å². The van der Waals surface area contributed by atoms with Gasteiger partial charge in [0.15, 0.2) is 0 Å². The molecule has 0 aromatic heterocycles. The van der Waals surface area contributed by atoms with Crippen molar-refractivity contribution in [2.24, 2.45) is 5.92 Å². The predicted octanol–water partition coefficient (Wildman–Crippen LogP) is 4.07. The SMILES string of the molecule is Cc1ccc(C(=O)NCCNC(=O)C(c2ccc(Cl)cc2)C(C)C)cc1F. The minimum Gasteiger partial charge on any atom is -0.354 e. The van der Waals surface area contributed by atoms with Crippen LogP contribution in [-0.2, 0) is 4.79 Å². The van der Waals surface area contributed by atoms with E-state index < -0.39 is 5.82 Å². The minimum atomic E-state index is -0.418. The van der Waals surface area contributed by atoms with Crippen LogP contribution in [0.25, 0.3) is 0 Å². The second-order valence-corrected chi connectivity index (χ2v) is 7.22. The van der Waals surface area contributed by atoms with Gasteiger partial charge in [-0.25, -0.2) is 4.39 Å². The molecule has 0 aliphatic rings. The maximum Gasteiger partial charge on any atom is 0.251 e. The molecule has 4 nitrogen and oxygen atoms in total. The van der Waals surface area contributed by atoms with E-state index in [-0.39, 0.29) is 42.3 Å². The summed E-state index contributed by atoms with van der Waals surface area (Å²) in [6.07, 6.45) is 0. The van der Waals surface area contributed by atoms with Gasteiger partial charge < -0.3 is 10.6 Å². The summed E-state index contributed by atoms with van der Waals surface area (Å²) < 4.78 is 13.5. The van der Waals surface area contributed by atoms with Crippen LogP contribution in [-0.4, -0.2) is 24.9 Å². The number of benzene rings is 2. The van der Waals surface area contributed by atoms with E-state index in [1.165, 1.54) is 6.07 Å². The minimum absolute atomic E-state index is 0.108. The number of carbonyl (C=O) groups is 2. The number of hydrogen-bond donors (Lipinski definition) is 2. The second kappa shape index (κ2) is 9.51. The molecule has 0 saturated carbocycles. The molecular weight excluding hydrogens is 367 g/mol. The molecule has 144 valence electrons. The van der Waals surface area contributed by atoms with Crippen LogP contribution in [0.3, 0.4) is 0 Å². The van der Waals surface area contributed by atoms with Gasteiger partial charge in [-0.05, 0) is 48.2 Å². The van der Waals surface area contributed by atoms with Crippen molar-refractivity contribution in [3.05, 3.63) is 70.0 Å². The van der Waals surface area contributed by atoms with Gasteiger partial charge in [-0.2, -0.15) is 0 Å². The Bertz CT molecular complexity index is 806. The van der Waals surface area contributed by atoms with Crippen molar-refractivity contribution >= 4 is 23.4 Å². The molecule has 2 aromatic rings. The standard InChI is InChI=1S/C21H24ClFN2O2/c1-13(2)19(15-6-8-17(22)9-7-15)21(27)25-11-10-24-20(26)16-5-4-14(3)18(23)12-16/h4-9,12-13,19H,10-11H2,1-3H3,(H,24,26)(H,25,27). The normalized spacial score (nSPS) is 11.9. The average molecular weight is 391 g/mol. The van der Waals surface area contributed by atoms with Crippen LogP contribution in [0.1, 0.15) is 41.3 Å². The first-order chi connectivity index (χ1) is 12.8. The van der Waals surface area contributed by atoms with Crippen LogP contribution in [0.2, 0.25) is 5.02 Å². The smallest absolute Gasteiger partial charge is 0.251 e. The maximum absolute atomic E-state index is 13.5. The van der Waals surface area contributed by atoms with Crippen molar-refractivity contribution in [3.63, 3.8) is 0 Å². The van der Waals surface area contributed by atoms with E-state index in [4.69, 9.17) is 11.6 Å². The van der Waals surface area contributed by atoms with Gasteiger partial charge in [0.1, 0.15) is 5.82 Å². The highest BCUT2D eigenvalue weighted by atomic mass is 35.5. The summed E-state index contributed by atoms with van der Waals surface area (Å²) in [5.74, 6) is -1.09. The van der Waals surface area contributed by atoms with Crippen molar-refractivity contribution in [2.45, 2.75) is 26.7 Å². The zero-order chi connectivity index (χ0) is 20.0. The van der Waals surface area contributed by atoms with Gasteiger partial charge in [0.2, 0.25) is 5.91 Å². The van der Waals surface area contributed by atoms with Crippen LogP contribution in [0.4, 0.5) is 4.39 Å². The molecule has 1 atom stereocenters. The Morgan fingerprint density at radius 3 is 2.26 bits per heavy atom. The molecular formula is C21H24ClFN2O2. The topological polar surface area (TPSA) is 58.2 Å². The summed E-state index contributed by atoms with van der Waals surface area (Å²) in [7, 11) is 0. The summed E-state index contributed by atoms with van der Waals surface area (Å²) in [5.41, 5.74) is 1.64. The van der Waals surface area contributed by atoms with Gasteiger partial charge in [0.25, 0.3) is 5.91 Å². The van der Waals surface area contributed by atoms with Crippen molar-refractivity contribution < 1.29 is 14.0 Å². The third kappa shape index (κ3) is 5.79. The fourth-order valence-corrected chi connectivity index (χ4v) is 2.94. The molecule has 0 aliphatic heterocycles. The van der Waals surface area contributed by atoms with E-state index in [1.807, 2.05) is 26.0 Å². The molecule has 0 fully saturated rings. The lowest BCUT2D eigenvalue weighted by molar-refractivity contribution is -0.123. The third-order valence-corrected chi connectivity index (χ3v) is 4.57. The van der Waals surface area contributed by atoms with Gasteiger partial charge in [-0.3, -0.25) is 9.59 Å². The fraction of sp³-hybridized carbons (Fsp3) is 0.333. The lowest BCUT2D eigenvalue weighted by atomic mass is 9.87. The van der Waals surface area contributed by atoms with Gasteiger partial charge in [-0.1, -0.05) is 43.6 Å². The maximum atomic E-state index is 13.5. The Labute approximate surface area is 164 Å². The number of amides is 2. The zero-order valence-corrected chi connectivity index (χ0v) is 16.4. The first kappa shape index (κ1) is 20.9. The Morgan fingerprint density at radius 2 is 1.67 bits per heavy atom. The van der Waals surface area contributed by atoms with E-state index in [0.717, 1.165) is 5.56 Å². The average Bonchev–Trinajstić information content (AvgIpc) is 2.62. The van der Waals surface area contributed by atoms with Crippen LogP contribution in [0, 0.1) is 18.7 Å². The van der Waals surface area contributed by atoms with Crippen molar-refractivity contribution in [1.82, 2.24) is 10.6 Å². The summed E-state index contributed by atoms with van der Waals surface area (Å²) in [5, 5.41) is 6.14. The highest BCUT2D eigenvalue weighted by Crippen LogP contribution is 2.25. The van der Waals surface area contributed by atoms with Gasteiger partial charge in [-0.15, -0.1) is 0 Å². The summed E-state index contributed by atoms with van der Waals surface area (Å²) in [6, 6.07) is 11.6. The first-order valence-electron chi connectivity index (χ1n) is 8.87. The molecule has 2 amide bonds. The molecule has 0 radical (unpaired) electrons. The van der Waals surface area contributed by atoms with Crippen LogP contribution in [0.15, 0.2) is 42.5 Å². The number of nitrogens with one attached hydrogen (secondary N) is 2. The molecule has 6 heteroatoms. The molecule has 27 heavy (non-hydrogen) atoms. The second-order valence-electron chi connectivity index (χ2n) is 6.78. The van der Waals surface area contributed by atoms with E-state index in [1.54, 1.807) is 31.2 Å². The Morgan fingerprint density at radius 1 is 1.04 bits per heavy atom. The first-order valence-corrected chi connectivity index (χ1v) is 9.25. The number of aryl methyl sites for hydroxylation is 1. The van der Waals surface area contributed by atoms with Crippen LogP contribution in [0.5, 0.6) is 0 Å². The summed E-state index contributed by atoms with van der Waals surface area (Å²) in [4.78, 5) is 24.6. The summed E-state index contributed by atoms with van der Waals surface area (Å²) in [6.45, 7) is 6.14. The Kier molecular flexibility index (Phi) is 7.36. The van der Waals surface area contributed by atoms with Crippen LogP contribution >= 0.6 is 11.6 Å². The van der Waals surface area contributed by atoms with E-state index in [2.05, 4.69) is 10.6 Å². The van der Waals surface area contributed by atoms with Gasteiger partial charge >= 0.3 is 0 Å². The molecule has 0 spiro atoms. The molecule has 2 N–H and O–H groups in total. The molecule has 2 aromatic carbocycles. The lowest BCUT2D eigenvalue weighted by Crippen LogP contribution is -2.38. The van der Waals surface area contributed by atoms with Crippen molar-refractivity contribution in [2.75, 3.05) is 13.1 Å². The van der Waals surface area contributed by atoms with Crippen molar-refractivity contribution in [3.8, 4) is 0 Å². The zero-order valence-electron chi connectivity index (χ0n) is 15.7. The molecule has 1 unspecified atom stereocenters. The van der Waals surface area contributed by atoms with E-state index >= 15 is 0 Å². The highest BCUT2D eigenvalue weighted by Gasteiger charge is 2.23. The summed E-state index contributed by atoms with van der Waals surface area (Å²) >= 11 is 5.91. The molecule has 0 aliphatic carbocycles. The molecule has 2 rings (SSSR count). The number of carbonyl (C=O) groups excluding carboxylic acids is 2. The monoisotopic (exact) mass is 390 g/mol. The largest absolute Gasteiger partial charge is 0.354 e. The predicted molar refractivity (Wildman–Crippen MR) is 106 cm³/mol. The molecule has 0 heterocycles. The highest BCUT2D eigenvalue weighted by molar-refractivity contribution is 6.30.